The van der Waals surface area contributed by atoms with E-state index in [1.54, 1.807) is 6.92 Å². The molecule has 0 aromatic carbocycles. The molecule has 0 radical (unpaired) electrons. The molecule has 0 aliphatic carbocycles. The maximum Gasteiger partial charge on any atom is 0.255 e. The van der Waals surface area contributed by atoms with Crippen LogP contribution in [0, 0.1) is 4.77 Å². The fraction of sp³-hybridized carbons (Fsp3) is 0.286. The van der Waals surface area contributed by atoms with Crippen LogP contribution in [0.25, 0.3) is 0 Å². The van der Waals surface area contributed by atoms with Gasteiger partial charge in [0.05, 0.1) is 5.69 Å². The average molecular weight is 184 g/mol. The van der Waals surface area contributed by atoms with E-state index in [1.165, 1.54) is 0 Å². The van der Waals surface area contributed by atoms with Crippen LogP contribution in [0.4, 0.5) is 0 Å². The first kappa shape index (κ1) is 8.86. The SMILES string of the molecule is CCc1c(C=O)[nH]c(=S)[nH]c1=O. The lowest BCUT2D eigenvalue weighted by Gasteiger charge is -1.98. The quantitative estimate of drug-likeness (QED) is 0.528. The van der Waals surface area contributed by atoms with E-state index in [2.05, 4.69) is 9.97 Å². The minimum absolute atomic E-state index is 0.180. The number of nitrogens with one attached hydrogen (secondary N) is 2. The lowest BCUT2D eigenvalue weighted by atomic mass is 10.2. The number of carbonyl (C=O) groups is 1. The zero-order valence-corrected chi connectivity index (χ0v) is 7.33. The first-order valence-corrected chi connectivity index (χ1v) is 3.90. The minimum atomic E-state index is -0.289. The molecule has 0 bridgehead atoms. The Bertz CT molecular complexity index is 405. The van der Waals surface area contributed by atoms with Gasteiger partial charge >= 0.3 is 0 Å². The molecular formula is C7H8N2O2S. The molecule has 5 heteroatoms. The summed E-state index contributed by atoms with van der Waals surface area (Å²) >= 11 is 4.69. The van der Waals surface area contributed by atoms with Crippen LogP contribution in [0.3, 0.4) is 0 Å². The summed E-state index contributed by atoms with van der Waals surface area (Å²) in [7, 11) is 0. The number of H-pyrrole nitrogens is 2. The van der Waals surface area contributed by atoms with E-state index in [-0.39, 0.29) is 16.0 Å². The molecule has 1 aromatic rings. The molecule has 0 aliphatic heterocycles. The molecule has 0 saturated heterocycles. The summed E-state index contributed by atoms with van der Waals surface area (Å²) in [4.78, 5) is 26.6. The van der Waals surface area contributed by atoms with Crippen LogP contribution in [-0.2, 0) is 6.42 Å². The number of rotatable bonds is 2. The number of carbonyl (C=O) groups excluding carboxylic acids is 1. The lowest BCUT2D eigenvalue weighted by molar-refractivity contribution is 0.111. The summed E-state index contributed by atoms with van der Waals surface area (Å²) in [6.07, 6.45) is 1.11. The zero-order chi connectivity index (χ0) is 9.14. The van der Waals surface area contributed by atoms with Gasteiger partial charge < -0.3 is 4.98 Å². The van der Waals surface area contributed by atoms with Gasteiger partial charge in [-0.05, 0) is 18.6 Å². The van der Waals surface area contributed by atoms with Crippen molar-refractivity contribution in [2.24, 2.45) is 0 Å². The third-order valence-electron chi connectivity index (χ3n) is 1.55. The van der Waals surface area contributed by atoms with Crippen LogP contribution in [-0.4, -0.2) is 16.3 Å². The van der Waals surface area contributed by atoms with E-state index in [0.29, 0.717) is 18.3 Å². The average Bonchev–Trinajstić information content (AvgIpc) is 2.03. The Labute approximate surface area is 73.6 Å². The zero-order valence-electron chi connectivity index (χ0n) is 6.51. The molecule has 0 aliphatic rings. The van der Waals surface area contributed by atoms with Gasteiger partial charge in [-0.2, -0.15) is 0 Å². The van der Waals surface area contributed by atoms with Gasteiger partial charge in [-0.3, -0.25) is 14.6 Å². The van der Waals surface area contributed by atoms with Gasteiger partial charge in [-0.1, -0.05) is 6.92 Å². The van der Waals surface area contributed by atoms with Crippen LogP contribution in [0.5, 0.6) is 0 Å². The van der Waals surface area contributed by atoms with Gasteiger partial charge in [0.25, 0.3) is 5.56 Å². The number of aromatic amines is 2. The standard InChI is InChI=1S/C7H8N2O2S/c1-2-4-5(3-10)8-7(12)9-6(4)11/h3H,2H2,1H3,(H2,8,9,11,12). The molecule has 0 atom stereocenters. The van der Waals surface area contributed by atoms with Gasteiger partial charge in [-0.25, -0.2) is 0 Å². The second kappa shape index (κ2) is 3.44. The van der Waals surface area contributed by atoms with E-state index in [0.717, 1.165) is 0 Å². The molecule has 1 aromatic heterocycles. The second-order valence-electron chi connectivity index (χ2n) is 2.27. The largest absolute Gasteiger partial charge is 0.329 e. The summed E-state index contributed by atoms with van der Waals surface area (Å²) in [5.74, 6) is 0. The minimum Gasteiger partial charge on any atom is -0.329 e. The van der Waals surface area contributed by atoms with E-state index in [9.17, 15) is 9.59 Å². The number of hydrogen-bond donors (Lipinski definition) is 2. The van der Waals surface area contributed by atoms with Crippen molar-refractivity contribution in [2.75, 3.05) is 0 Å². The van der Waals surface area contributed by atoms with Crippen molar-refractivity contribution >= 4 is 18.5 Å². The summed E-state index contributed by atoms with van der Waals surface area (Å²) in [6.45, 7) is 1.80. The maximum absolute atomic E-state index is 11.1. The molecule has 64 valence electrons. The summed E-state index contributed by atoms with van der Waals surface area (Å²) in [6, 6.07) is 0. The van der Waals surface area contributed by atoms with Crippen molar-refractivity contribution in [1.82, 2.24) is 9.97 Å². The highest BCUT2D eigenvalue weighted by Gasteiger charge is 2.03. The molecule has 12 heavy (non-hydrogen) atoms. The fourth-order valence-corrected chi connectivity index (χ4v) is 1.18. The van der Waals surface area contributed by atoms with Gasteiger partial charge in [0.15, 0.2) is 11.1 Å². The highest BCUT2D eigenvalue weighted by Crippen LogP contribution is 1.95. The Kier molecular flexibility index (Phi) is 2.54. The molecule has 0 fully saturated rings. The van der Waals surface area contributed by atoms with Crippen LogP contribution in [0.2, 0.25) is 0 Å². The molecule has 1 rings (SSSR count). The van der Waals surface area contributed by atoms with Crippen molar-refractivity contribution in [2.45, 2.75) is 13.3 Å². The smallest absolute Gasteiger partial charge is 0.255 e. The fourth-order valence-electron chi connectivity index (χ4n) is 0.981. The second-order valence-corrected chi connectivity index (χ2v) is 2.68. The van der Waals surface area contributed by atoms with Crippen molar-refractivity contribution in [3.63, 3.8) is 0 Å². The van der Waals surface area contributed by atoms with Crippen molar-refractivity contribution in [3.05, 3.63) is 26.4 Å². The number of aromatic nitrogens is 2. The van der Waals surface area contributed by atoms with Crippen LogP contribution < -0.4 is 5.56 Å². The number of aldehydes is 1. The van der Waals surface area contributed by atoms with Gasteiger partial charge in [0, 0.05) is 5.56 Å². The molecule has 0 saturated carbocycles. The molecule has 2 N–H and O–H groups in total. The van der Waals surface area contributed by atoms with Crippen LogP contribution in [0.1, 0.15) is 23.0 Å². The molecule has 0 spiro atoms. The molecule has 4 nitrogen and oxygen atoms in total. The molecule has 0 amide bonds. The van der Waals surface area contributed by atoms with Gasteiger partial charge in [0.1, 0.15) is 0 Å². The third kappa shape index (κ3) is 1.50. The van der Waals surface area contributed by atoms with E-state index < -0.39 is 0 Å². The van der Waals surface area contributed by atoms with Gasteiger partial charge in [-0.15, -0.1) is 0 Å². The first-order valence-electron chi connectivity index (χ1n) is 3.49. The Balaban J connectivity index is 3.55. The molecule has 1 heterocycles. The number of hydrogen-bond acceptors (Lipinski definition) is 3. The van der Waals surface area contributed by atoms with Gasteiger partial charge in [0.2, 0.25) is 0 Å². The van der Waals surface area contributed by atoms with E-state index in [1.807, 2.05) is 0 Å². The third-order valence-corrected chi connectivity index (χ3v) is 1.75. The highest BCUT2D eigenvalue weighted by molar-refractivity contribution is 7.71. The monoisotopic (exact) mass is 184 g/mol. The van der Waals surface area contributed by atoms with Crippen LogP contribution in [0.15, 0.2) is 4.79 Å². The lowest BCUT2D eigenvalue weighted by Crippen LogP contribution is -2.16. The normalized spacial score (nSPS) is 9.75. The summed E-state index contributed by atoms with van der Waals surface area (Å²) in [5.41, 5.74) is 0.424. The topological polar surface area (TPSA) is 65.7 Å². The van der Waals surface area contributed by atoms with Crippen molar-refractivity contribution in [1.29, 1.82) is 0 Å². The Hall–Kier alpha value is -1.23. The summed E-state index contributed by atoms with van der Waals surface area (Å²) in [5, 5.41) is 0. The highest BCUT2D eigenvalue weighted by atomic mass is 32.1. The molecular weight excluding hydrogens is 176 g/mol. The van der Waals surface area contributed by atoms with E-state index in [4.69, 9.17) is 12.2 Å². The summed E-state index contributed by atoms with van der Waals surface area (Å²) < 4.78 is 0.180. The Morgan fingerprint density at radius 1 is 1.50 bits per heavy atom. The Morgan fingerprint density at radius 3 is 2.67 bits per heavy atom. The Morgan fingerprint density at radius 2 is 2.17 bits per heavy atom. The predicted octanol–water partition coefficient (Wildman–Crippen LogP) is 0.807. The maximum atomic E-state index is 11.1. The first-order chi connectivity index (χ1) is 5.69. The molecule has 0 unspecified atom stereocenters. The van der Waals surface area contributed by atoms with E-state index >= 15 is 0 Å². The van der Waals surface area contributed by atoms with Crippen LogP contribution >= 0.6 is 12.2 Å². The van der Waals surface area contributed by atoms with Crippen molar-refractivity contribution < 1.29 is 4.79 Å². The predicted molar refractivity (Wildman–Crippen MR) is 47.0 cm³/mol. The van der Waals surface area contributed by atoms with Crippen molar-refractivity contribution in [3.8, 4) is 0 Å².